The lowest BCUT2D eigenvalue weighted by atomic mass is 9.65. The van der Waals surface area contributed by atoms with E-state index in [9.17, 15) is 24.6 Å². The maximum absolute atomic E-state index is 14.5. The topological polar surface area (TPSA) is 125 Å². The monoisotopic (exact) mass is 716 g/mol. The summed E-state index contributed by atoms with van der Waals surface area (Å²) < 4.78 is 12.7. The average molecular weight is 717 g/mol. The zero-order chi connectivity index (χ0) is 31.3. The van der Waals surface area contributed by atoms with Gasteiger partial charge in [0.2, 0.25) is 5.91 Å². The summed E-state index contributed by atoms with van der Waals surface area (Å²) in [6, 6.07) is 28.7. The Balaban J connectivity index is 1.53. The van der Waals surface area contributed by atoms with Crippen molar-refractivity contribution in [2.24, 2.45) is 5.92 Å². The van der Waals surface area contributed by atoms with E-state index in [0.29, 0.717) is 22.6 Å². The number of benzene rings is 4. The highest BCUT2D eigenvalue weighted by Gasteiger charge is 2.74. The minimum Gasteiger partial charge on any atom is -0.491 e. The first kappa shape index (κ1) is 29.5. The fraction of sp³-hybridized carbons (Fsp3) is 0.229. The number of carbonyl (C=O) groups is 3. The van der Waals surface area contributed by atoms with E-state index >= 15 is 0 Å². The minimum absolute atomic E-state index is 0.108. The van der Waals surface area contributed by atoms with Crippen molar-refractivity contribution in [2.45, 2.75) is 29.6 Å². The zero-order valence-electron chi connectivity index (χ0n) is 23.9. The molecule has 10 heteroatoms. The molecule has 9 nitrogen and oxygen atoms in total. The number of aliphatic hydroxyl groups excluding tert-OH is 1. The van der Waals surface area contributed by atoms with E-state index in [4.69, 9.17) is 9.47 Å². The molecule has 3 N–H and O–H groups in total. The molecule has 3 aliphatic rings. The summed E-state index contributed by atoms with van der Waals surface area (Å²) >= 11 is 2.15. The summed E-state index contributed by atoms with van der Waals surface area (Å²) in [5.41, 5.74) is 1.58. The fourth-order valence-electron chi connectivity index (χ4n) is 7.45. The van der Waals surface area contributed by atoms with Crippen LogP contribution in [-0.2, 0) is 24.5 Å². The summed E-state index contributed by atoms with van der Waals surface area (Å²) in [5, 5.41) is 23.2. The van der Waals surface area contributed by atoms with E-state index in [1.54, 1.807) is 30.3 Å². The Bertz CT molecular complexity index is 1770. The molecule has 0 aliphatic carbocycles. The van der Waals surface area contributed by atoms with Gasteiger partial charge in [-0.1, -0.05) is 72.8 Å². The van der Waals surface area contributed by atoms with Crippen LogP contribution in [-0.4, -0.2) is 52.2 Å². The number of carboxylic acids is 1. The van der Waals surface area contributed by atoms with E-state index < -0.39 is 53.4 Å². The van der Waals surface area contributed by atoms with E-state index in [-0.39, 0.29) is 13.2 Å². The third-order valence-corrected chi connectivity index (χ3v) is 9.76. The number of aliphatic hydroxyl groups is 1. The molecule has 6 atom stereocenters. The van der Waals surface area contributed by atoms with Gasteiger partial charge in [-0.05, 0) is 75.2 Å². The number of esters is 1. The van der Waals surface area contributed by atoms with Crippen LogP contribution in [0.2, 0.25) is 0 Å². The number of aliphatic carboxylic acids is 1. The molecule has 0 unspecified atom stereocenters. The number of cyclic esters (lactones) is 1. The van der Waals surface area contributed by atoms with E-state index in [2.05, 4.69) is 27.9 Å². The van der Waals surface area contributed by atoms with Gasteiger partial charge in [0, 0.05) is 9.26 Å². The fourth-order valence-corrected chi connectivity index (χ4v) is 7.95. The number of hydrogen-bond donors (Lipinski definition) is 3. The van der Waals surface area contributed by atoms with Crippen molar-refractivity contribution < 1.29 is 34.1 Å². The lowest BCUT2D eigenvalue weighted by Gasteiger charge is -2.46. The lowest BCUT2D eigenvalue weighted by molar-refractivity contribution is -0.179. The first-order valence-electron chi connectivity index (χ1n) is 14.6. The highest BCUT2D eigenvalue weighted by Crippen LogP contribution is 2.64. The van der Waals surface area contributed by atoms with Crippen LogP contribution in [0.3, 0.4) is 0 Å². The predicted molar refractivity (Wildman–Crippen MR) is 172 cm³/mol. The molecule has 2 saturated heterocycles. The van der Waals surface area contributed by atoms with Crippen LogP contribution in [0, 0.1) is 9.49 Å². The molecule has 2 fully saturated rings. The number of carbonyl (C=O) groups excluding carboxylic acids is 2. The Labute approximate surface area is 272 Å². The number of fused-ring (bicyclic) bond motifs is 3. The van der Waals surface area contributed by atoms with Crippen LogP contribution < -0.4 is 10.1 Å². The Morgan fingerprint density at radius 1 is 0.889 bits per heavy atom. The average Bonchev–Trinajstić information content (AvgIpc) is 3.53. The molecule has 0 radical (unpaired) electrons. The Kier molecular flexibility index (Phi) is 7.58. The number of nitrogens with zero attached hydrogens (tertiary/aromatic N) is 1. The molecular formula is C35H29IN2O7. The summed E-state index contributed by atoms with van der Waals surface area (Å²) in [7, 11) is 0. The Hall–Kier alpha value is -4.26. The minimum atomic E-state index is -1.68. The predicted octanol–water partition coefficient (Wildman–Crippen LogP) is 5.02. The van der Waals surface area contributed by atoms with Crippen LogP contribution in [0.25, 0.3) is 0 Å². The van der Waals surface area contributed by atoms with Crippen LogP contribution in [0.4, 0.5) is 5.69 Å². The molecule has 1 spiro atoms. The van der Waals surface area contributed by atoms with Gasteiger partial charge in [0.1, 0.15) is 35.8 Å². The molecule has 0 bridgehead atoms. The summed E-state index contributed by atoms with van der Waals surface area (Å²) in [5.74, 6) is -3.40. The van der Waals surface area contributed by atoms with E-state index in [1.165, 1.54) is 0 Å². The number of nitrogens with one attached hydrogen (secondary N) is 1. The number of ether oxygens (including phenoxy) is 2. The van der Waals surface area contributed by atoms with Gasteiger partial charge in [-0.15, -0.1) is 0 Å². The van der Waals surface area contributed by atoms with Crippen LogP contribution >= 0.6 is 22.6 Å². The molecule has 3 heterocycles. The number of rotatable bonds is 7. The maximum Gasteiger partial charge on any atom is 0.325 e. The second-order valence-electron chi connectivity index (χ2n) is 11.4. The molecule has 7 rings (SSSR count). The Morgan fingerprint density at radius 2 is 1.56 bits per heavy atom. The molecule has 3 aliphatic heterocycles. The van der Waals surface area contributed by atoms with Gasteiger partial charge in [-0.2, -0.15) is 0 Å². The summed E-state index contributed by atoms with van der Waals surface area (Å²) in [6.45, 7) is -0.0442. The molecule has 0 aromatic heterocycles. The van der Waals surface area contributed by atoms with Crippen molar-refractivity contribution in [1.29, 1.82) is 0 Å². The van der Waals surface area contributed by atoms with Crippen LogP contribution in [0.15, 0.2) is 103 Å². The third-order valence-electron chi connectivity index (χ3n) is 9.09. The van der Waals surface area contributed by atoms with Crippen molar-refractivity contribution in [1.82, 2.24) is 4.90 Å². The zero-order valence-corrected chi connectivity index (χ0v) is 26.0. The van der Waals surface area contributed by atoms with Crippen molar-refractivity contribution in [3.05, 3.63) is 129 Å². The molecular weight excluding hydrogens is 687 g/mol. The lowest BCUT2D eigenvalue weighted by Crippen LogP contribution is -2.52. The molecule has 4 aromatic carbocycles. The van der Waals surface area contributed by atoms with Crippen molar-refractivity contribution in [3.63, 3.8) is 0 Å². The molecule has 4 aromatic rings. The van der Waals surface area contributed by atoms with Crippen molar-refractivity contribution in [2.75, 3.05) is 18.5 Å². The van der Waals surface area contributed by atoms with Crippen LogP contribution in [0.5, 0.6) is 5.75 Å². The molecule has 45 heavy (non-hydrogen) atoms. The number of halogens is 1. The Morgan fingerprint density at radius 3 is 2.20 bits per heavy atom. The number of morpholine rings is 1. The quantitative estimate of drug-likeness (QED) is 0.180. The second kappa shape index (κ2) is 11.6. The second-order valence-corrected chi connectivity index (χ2v) is 12.6. The van der Waals surface area contributed by atoms with Gasteiger partial charge < -0.3 is 25.0 Å². The van der Waals surface area contributed by atoms with E-state index in [0.717, 1.165) is 14.7 Å². The molecule has 0 saturated carbocycles. The first-order chi connectivity index (χ1) is 21.9. The first-order valence-corrected chi connectivity index (χ1v) is 15.7. The van der Waals surface area contributed by atoms with Gasteiger partial charge in [-0.25, -0.2) is 0 Å². The SMILES string of the molecule is O=C1O[C@H](c2ccccc2)[C@H](c2ccccc2)N2[C@H]1[C@@H](C(=O)O)[C@]1(C(=O)Nc3ccc(I)cc31)[C@H]2c1ccc(OCCO)cc1. The van der Waals surface area contributed by atoms with Crippen molar-refractivity contribution in [3.8, 4) is 5.75 Å². The highest BCUT2D eigenvalue weighted by molar-refractivity contribution is 14.1. The van der Waals surface area contributed by atoms with E-state index in [1.807, 2.05) is 77.7 Å². The van der Waals surface area contributed by atoms with Gasteiger partial charge in [0.15, 0.2) is 0 Å². The largest absolute Gasteiger partial charge is 0.491 e. The van der Waals surface area contributed by atoms with Crippen LogP contribution in [0.1, 0.15) is 40.4 Å². The maximum atomic E-state index is 14.5. The smallest absolute Gasteiger partial charge is 0.325 e. The van der Waals surface area contributed by atoms with Gasteiger partial charge in [-0.3, -0.25) is 19.3 Å². The van der Waals surface area contributed by atoms with Crippen molar-refractivity contribution >= 4 is 46.1 Å². The number of anilines is 1. The normalized spacial score (nSPS) is 27.0. The molecule has 228 valence electrons. The third kappa shape index (κ3) is 4.62. The highest BCUT2D eigenvalue weighted by atomic mass is 127. The van der Waals surface area contributed by atoms with Gasteiger partial charge in [0.05, 0.1) is 18.7 Å². The standard InChI is InChI=1S/C35H29IN2O7/c36-23-13-16-26-25(19-23)35(34(43)37-26)27(32(40)41)29-33(42)45-30(21-9-5-2-6-10-21)28(20-7-3-1-4-8-20)38(29)31(35)22-11-14-24(15-12-22)44-18-17-39/h1-16,19,27-31,39H,17-18H2,(H,37,43)(H,40,41)/t27-,28-,29-,30+,31+,35-/m0/s1. The summed E-state index contributed by atoms with van der Waals surface area (Å²) in [4.78, 5) is 44.1. The number of amides is 1. The number of hydrogen-bond acceptors (Lipinski definition) is 7. The van der Waals surface area contributed by atoms with Gasteiger partial charge in [0.25, 0.3) is 0 Å². The number of carboxylic acid groups (broad SMARTS) is 1. The summed E-state index contributed by atoms with van der Waals surface area (Å²) in [6.07, 6.45) is -0.781. The molecule has 1 amide bonds. The van der Waals surface area contributed by atoms with Gasteiger partial charge >= 0.3 is 11.9 Å².